The van der Waals surface area contributed by atoms with Crippen LogP contribution in [0, 0.1) is 0 Å². The summed E-state index contributed by atoms with van der Waals surface area (Å²) in [6.45, 7) is 5.81. The highest BCUT2D eigenvalue weighted by Gasteiger charge is 2.22. The fourth-order valence-electron chi connectivity index (χ4n) is 1.31. The highest BCUT2D eigenvalue weighted by molar-refractivity contribution is 5.88. The van der Waals surface area contributed by atoms with E-state index in [1.165, 1.54) is 0 Å². The molecule has 0 aliphatic heterocycles. The second kappa shape index (κ2) is 3.86. The SMILES string of the molecule is CC(C)(C)c1ccc(NN)nc1C(=O)O. The number of nitrogen functional groups attached to an aromatic ring is 1. The van der Waals surface area contributed by atoms with E-state index in [1.807, 2.05) is 20.8 Å². The number of nitrogens with zero attached hydrogens (tertiary/aromatic N) is 1. The average molecular weight is 209 g/mol. The first-order valence-electron chi connectivity index (χ1n) is 4.57. The molecule has 0 spiro atoms. The summed E-state index contributed by atoms with van der Waals surface area (Å²) >= 11 is 0. The highest BCUT2D eigenvalue weighted by atomic mass is 16.4. The molecule has 0 bridgehead atoms. The zero-order valence-electron chi connectivity index (χ0n) is 9.03. The van der Waals surface area contributed by atoms with Crippen LogP contribution < -0.4 is 11.3 Å². The van der Waals surface area contributed by atoms with E-state index in [0.717, 1.165) is 0 Å². The molecular weight excluding hydrogens is 194 g/mol. The Morgan fingerprint density at radius 1 is 1.47 bits per heavy atom. The van der Waals surface area contributed by atoms with Crippen LogP contribution in [-0.4, -0.2) is 16.1 Å². The summed E-state index contributed by atoms with van der Waals surface area (Å²) in [5.41, 5.74) is 2.80. The van der Waals surface area contributed by atoms with Gasteiger partial charge in [-0.3, -0.25) is 0 Å². The Balaban J connectivity index is 3.34. The number of carboxylic acids is 1. The van der Waals surface area contributed by atoms with Crippen molar-refractivity contribution < 1.29 is 9.90 Å². The second-order valence-corrected chi connectivity index (χ2v) is 4.29. The minimum absolute atomic E-state index is 0.0398. The van der Waals surface area contributed by atoms with Gasteiger partial charge in [0.05, 0.1) is 0 Å². The Morgan fingerprint density at radius 3 is 2.47 bits per heavy atom. The molecule has 5 heteroatoms. The summed E-state index contributed by atoms with van der Waals surface area (Å²) < 4.78 is 0. The lowest BCUT2D eigenvalue weighted by molar-refractivity contribution is 0.0687. The van der Waals surface area contributed by atoms with Crippen molar-refractivity contribution in [3.05, 3.63) is 23.4 Å². The minimum Gasteiger partial charge on any atom is -0.477 e. The number of nitrogens with two attached hydrogens (primary N) is 1. The predicted octanol–water partition coefficient (Wildman–Crippen LogP) is 1.36. The van der Waals surface area contributed by atoms with E-state index in [4.69, 9.17) is 10.9 Å². The maximum Gasteiger partial charge on any atom is 0.354 e. The van der Waals surface area contributed by atoms with Gasteiger partial charge in [-0.1, -0.05) is 26.8 Å². The van der Waals surface area contributed by atoms with Crippen LogP contribution in [0.2, 0.25) is 0 Å². The number of hydrogen-bond acceptors (Lipinski definition) is 4. The molecule has 0 amide bonds. The number of aromatic carboxylic acids is 1. The number of hydrogen-bond donors (Lipinski definition) is 3. The van der Waals surface area contributed by atoms with Crippen molar-refractivity contribution in [3.63, 3.8) is 0 Å². The van der Waals surface area contributed by atoms with Crippen molar-refractivity contribution >= 4 is 11.8 Å². The van der Waals surface area contributed by atoms with Gasteiger partial charge < -0.3 is 10.5 Å². The standard InChI is InChI=1S/C10H15N3O2/c1-10(2,3)6-4-5-7(13-11)12-8(6)9(14)15/h4-5H,11H2,1-3H3,(H,12,13)(H,14,15). The molecule has 0 fully saturated rings. The third-order valence-corrected chi connectivity index (χ3v) is 2.05. The normalized spacial score (nSPS) is 11.2. The first-order valence-corrected chi connectivity index (χ1v) is 4.57. The fraction of sp³-hybridized carbons (Fsp3) is 0.400. The molecule has 0 aliphatic carbocycles. The Labute approximate surface area is 88.3 Å². The van der Waals surface area contributed by atoms with Crippen LogP contribution in [0.1, 0.15) is 36.8 Å². The lowest BCUT2D eigenvalue weighted by Gasteiger charge is -2.20. The minimum atomic E-state index is -1.04. The van der Waals surface area contributed by atoms with Crippen molar-refractivity contribution in [3.8, 4) is 0 Å². The maximum atomic E-state index is 11.0. The number of rotatable bonds is 2. The molecule has 0 radical (unpaired) electrons. The van der Waals surface area contributed by atoms with Crippen LogP contribution in [0.4, 0.5) is 5.82 Å². The van der Waals surface area contributed by atoms with Crippen molar-refractivity contribution in [2.75, 3.05) is 5.43 Å². The van der Waals surface area contributed by atoms with E-state index in [-0.39, 0.29) is 11.1 Å². The first kappa shape index (κ1) is 11.5. The summed E-state index contributed by atoms with van der Waals surface area (Å²) in [6.07, 6.45) is 0. The summed E-state index contributed by atoms with van der Waals surface area (Å²) in [7, 11) is 0. The van der Waals surface area contributed by atoms with Crippen LogP contribution >= 0.6 is 0 Å². The largest absolute Gasteiger partial charge is 0.477 e. The Morgan fingerprint density at radius 2 is 2.07 bits per heavy atom. The number of nitrogens with one attached hydrogen (secondary N) is 1. The number of carbonyl (C=O) groups is 1. The van der Waals surface area contributed by atoms with Crippen LogP contribution in [0.3, 0.4) is 0 Å². The van der Waals surface area contributed by atoms with E-state index < -0.39 is 5.97 Å². The predicted molar refractivity (Wildman–Crippen MR) is 57.7 cm³/mol. The number of anilines is 1. The zero-order chi connectivity index (χ0) is 11.6. The van der Waals surface area contributed by atoms with Crippen molar-refractivity contribution in [2.24, 2.45) is 5.84 Å². The molecule has 0 unspecified atom stereocenters. The van der Waals surface area contributed by atoms with Crippen molar-refractivity contribution in [1.82, 2.24) is 4.98 Å². The summed E-state index contributed by atoms with van der Waals surface area (Å²) in [5, 5.41) is 9.02. The van der Waals surface area contributed by atoms with Crippen molar-refractivity contribution in [1.29, 1.82) is 0 Å². The quantitative estimate of drug-likeness (QED) is 0.505. The molecule has 1 aromatic heterocycles. The lowest BCUT2D eigenvalue weighted by atomic mass is 9.86. The molecule has 1 aromatic rings. The zero-order valence-corrected chi connectivity index (χ0v) is 9.03. The molecule has 82 valence electrons. The van der Waals surface area contributed by atoms with E-state index in [2.05, 4.69) is 10.4 Å². The number of hydrazine groups is 1. The van der Waals surface area contributed by atoms with E-state index >= 15 is 0 Å². The molecular formula is C10H15N3O2. The van der Waals surface area contributed by atoms with Crippen LogP contribution in [0.25, 0.3) is 0 Å². The molecule has 1 rings (SSSR count). The number of pyridine rings is 1. The fourth-order valence-corrected chi connectivity index (χ4v) is 1.31. The molecule has 0 saturated heterocycles. The molecule has 15 heavy (non-hydrogen) atoms. The molecule has 0 aromatic carbocycles. The molecule has 5 nitrogen and oxygen atoms in total. The monoisotopic (exact) mass is 209 g/mol. The second-order valence-electron chi connectivity index (χ2n) is 4.29. The van der Waals surface area contributed by atoms with Crippen LogP contribution in [0.5, 0.6) is 0 Å². The average Bonchev–Trinajstić information content (AvgIpc) is 2.15. The van der Waals surface area contributed by atoms with Gasteiger partial charge in [0.15, 0.2) is 5.69 Å². The molecule has 0 saturated carbocycles. The van der Waals surface area contributed by atoms with Gasteiger partial charge in [-0.2, -0.15) is 0 Å². The van der Waals surface area contributed by atoms with Gasteiger partial charge in [-0.05, 0) is 17.0 Å². The van der Waals surface area contributed by atoms with E-state index in [0.29, 0.717) is 11.4 Å². The number of carboxylic acid groups (broad SMARTS) is 1. The van der Waals surface area contributed by atoms with Crippen LogP contribution in [-0.2, 0) is 5.41 Å². The number of aromatic nitrogens is 1. The van der Waals surface area contributed by atoms with E-state index in [9.17, 15) is 4.79 Å². The van der Waals surface area contributed by atoms with Gasteiger partial charge in [-0.25, -0.2) is 15.6 Å². The molecule has 4 N–H and O–H groups in total. The van der Waals surface area contributed by atoms with Crippen LogP contribution in [0.15, 0.2) is 12.1 Å². The summed E-state index contributed by atoms with van der Waals surface area (Å²) in [5.74, 6) is 4.48. The highest BCUT2D eigenvalue weighted by Crippen LogP contribution is 2.25. The van der Waals surface area contributed by atoms with Gasteiger partial charge in [0.2, 0.25) is 0 Å². The Bertz CT molecular complexity index is 383. The smallest absolute Gasteiger partial charge is 0.354 e. The summed E-state index contributed by atoms with van der Waals surface area (Å²) in [6, 6.07) is 3.39. The molecule has 0 aliphatic rings. The molecule has 1 heterocycles. The Hall–Kier alpha value is -1.62. The van der Waals surface area contributed by atoms with Gasteiger partial charge in [0.25, 0.3) is 0 Å². The van der Waals surface area contributed by atoms with Gasteiger partial charge >= 0.3 is 5.97 Å². The Kier molecular flexibility index (Phi) is 2.95. The van der Waals surface area contributed by atoms with Gasteiger partial charge in [0, 0.05) is 0 Å². The third-order valence-electron chi connectivity index (χ3n) is 2.05. The lowest BCUT2D eigenvalue weighted by Crippen LogP contribution is -2.20. The van der Waals surface area contributed by atoms with Gasteiger partial charge in [-0.15, -0.1) is 0 Å². The topological polar surface area (TPSA) is 88.2 Å². The van der Waals surface area contributed by atoms with Gasteiger partial charge in [0.1, 0.15) is 5.82 Å². The molecule has 0 atom stereocenters. The maximum absolute atomic E-state index is 11.0. The first-order chi connectivity index (χ1) is 6.86. The van der Waals surface area contributed by atoms with Crippen molar-refractivity contribution in [2.45, 2.75) is 26.2 Å². The third kappa shape index (κ3) is 2.44. The van der Waals surface area contributed by atoms with E-state index in [1.54, 1.807) is 12.1 Å². The summed E-state index contributed by atoms with van der Waals surface area (Å²) in [4.78, 5) is 14.9.